The Kier molecular flexibility index (Phi) is 11.5. The molecule has 15 nitrogen and oxygen atoms in total. The topological polar surface area (TPSA) is 184 Å². The number of carbonyl (C=O) groups excluding carboxylic acids is 4. The third kappa shape index (κ3) is 7.66. The molecule has 0 spiro atoms. The van der Waals surface area contributed by atoms with Crippen LogP contribution in [0.15, 0.2) is 54.7 Å². The van der Waals surface area contributed by atoms with Gasteiger partial charge in [0.15, 0.2) is 0 Å². The van der Waals surface area contributed by atoms with Crippen LogP contribution in [0.4, 0.5) is 14.0 Å². The predicted molar refractivity (Wildman–Crippen MR) is 226 cm³/mol. The molecule has 1 saturated carbocycles. The Labute approximate surface area is 353 Å². The number of alkyl carbamates (subject to hydrolysis) is 2. The molecule has 2 saturated heterocycles. The van der Waals surface area contributed by atoms with Crippen molar-refractivity contribution in [3.8, 4) is 22.4 Å². The van der Waals surface area contributed by atoms with Gasteiger partial charge in [-0.05, 0) is 98.6 Å². The molecule has 5 aromatic rings. The van der Waals surface area contributed by atoms with Crippen LogP contribution < -0.4 is 10.6 Å². The van der Waals surface area contributed by atoms with Crippen LogP contribution in [0.1, 0.15) is 83.5 Å². The number of ether oxygens (including phenoxy) is 3. The highest BCUT2D eigenvalue weighted by Gasteiger charge is 2.52. The molecule has 8 rings (SSSR count). The van der Waals surface area contributed by atoms with Crippen LogP contribution in [0, 0.1) is 17.7 Å². The summed E-state index contributed by atoms with van der Waals surface area (Å²) in [5, 5.41) is 7.23. The van der Waals surface area contributed by atoms with Crippen LogP contribution in [0.25, 0.3) is 44.2 Å². The van der Waals surface area contributed by atoms with E-state index in [9.17, 15) is 19.2 Å². The Morgan fingerprint density at radius 1 is 0.820 bits per heavy atom. The zero-order valence-corrected chi connectivity index (χ0v) is 35.5. The highest BCUT2D eigenvalue weighted by atomic mass is 19.1. The van der Waals surface area contributed by atoms with Gasteiger partial charge in [0.05, 0.1) is 55.3 Å². The molecule has 2 unspecified atom stereocenters. The molecule has 322 valence electrons. The van der Waals surface area contributed by atoms with Crippen molar-refractivity contribution in [1.29, 1.82) is 0 Å². The van der Waals surface area contributed by atoms with Gasteiger partial charge in [-0.25, -0.2) is 23.9 Å². The summed E-state index contributed by atoms with van der Waals surface area (Å²) in [6, 6.07) is 12.6. The summed E-state index contributed by atoms with van der Waals surface area (Å²) in [6.07, 6.45) is 3.75. The SMILES string of the molecule is COC(=O)NC(C(=O)N1[C@@H]2CC[C@@H](C2)[C@H]1c1ncc(-c2ccc(-c3ccc4c(ccc5nc([C@@H]6CCC(C)N6C(=O)[C@@H](NC(=O)OC)C(C)C)[nH]c54)c3)cc2F)[nH]1)[C@@H](C)OC. The highest BCUT2D eigenvalue weighted by Crippen LogP contribution is 2.50. The number of nitrogens with one attached hydrogen (secondary N) is 4. The number of piperidine rings is 1. The maximum Gasteiger partial charge on any atom is 0.407 e. The van der Waals surface area contributed by atoms with Gasteiger partial charge in [-0.3, -0.25) is 9.59 Å². The first-order chi connectivity index (χ1) is 29.3. The molecule has 1 aliphatic carbocycles. The lowest BCUT2D eigenvalue weighted by Crippen LogP contribution is -2.56. The average Bonchev–Trinajstić information content (AvgIpc) is 4.12. The van der Waals surface area contributed by atoms with Gasteiger partial charge in [-0.1, -0.05) is 38.1 Å². The molecule has 61 heavy (non-hydrogen) atoms. The Bertz CT molecular complexity index is 2490. The van der Waals surface area contributed by atoms with Gasteiger partial charge in [-0.2, -0.15) is 0 Å². The number of aromatic nitrogens is 4. The van der Waals surface area contributed by atoms with Gasteiger partial charge in [0.1, 0.15) is 29.5 Å². The minimum atomic E-state index is -0.956. The number of nitrogens with zero attached hydrogens (tertiary/aromatic N) is 4. The molecule has 4 heterocycles. The number of fused-ring (bicyclic) bond motifs is 5. The molecule has 2 bridgehead atoms. The molecule has 4 N–H and O–H groups in total. The third-order valence-electron chi connectivity index (χ3n) is 13.0. The minimum absolute atomic E-state index is 0.00978. The quantitative estimate of drug-likeness (QED) is 0.107. The first kappa shape index (κ1) is 41.7. The van der Waals surface area contributed by atoms with E-state index in [2.05, 4.69) is 25.6 Å². The van der Waals surface area contributed by atoms with Crippen molar-refractivity contribution in [2.75, 3.05) is 21.3 Å². The number of likely N-dealkylation sites (tertiary alicyclic amines) is 2. The number of amides is 4. The lowest BCUT2D eigenvalue weighted by atomic mass is 9.96. The number of aromatic amines is 2. The maximum absolute atomic E-state index is 16.1. The number of H-pyrrole nitrogens is 2. The number of hydrogen-bond donors (Lipinski definition) is 4. The molecular weight excluding hydrogens is 784 g/mol. The first-order valence-electron chi connectivity index (χ1n) is 20.9. The number of halogens is 1. The maximum atomic E-state index is 16.1. The van der Waals surface area contributed by atoms with Crippen LogP contribution in [-0.4, -0.2) is 105 Å². The lowest BCUT2D eigenvalue weighted by molar-refractivity contribution is -0.141. The zero-order chi connectivity index (χ0) is 43.3. The molecule has 8 atom stereocenters. The highest BCUT2D eigenvalue weighted by molar-refractivity contribution is 6.05. The minimum Gasteiger partial charge on any atom is -0.453 e. The van der Waals surface area contributed by atoms with E-state index in [0.717, 1.165) is 59.5 Å². The summed E-state index contributed by atoms with van der Waals surface area (Å²) in [7, 11) is 4.01. The van der Waals surface area contributed by atoms with E-state index in [1.807, 2.05) is 67.0 Å². The van der Waals surface area contributed by atoms with Crippen molar-refractivity contribution in [2.24, 2.45) is 11.8 Å². The van der Waals surface area contributed by atoms with Crippen LogP contribution in [-0.2, 0) is 23.8 Å². The van der Waals surface area contributed by atoms with Crippen LogP contribution in [0.2, 0.25) is 0 Å². The van der Waals surface area contributed by atoms with Crippen molar-refractivity contribution < 1.29 is 37.8 Å². The second kappa shape index (κ2) is 16.8. The largest absolute Gasteiger partial charge is 0.453 e. The number of methoxy groups -OCH3 is 3. The molecule has 2 aromatic heterocycles. The van der Waals surface area contributed by atoms with E-state index < -0.39 is 36.2 Å². The number of rotatable bonds is 11. The van der Waals surface area contributed by atoms with Gasteiger partial charge in [0.2, 0.25) is 11.8 Å². The van der Waals surface area contributed by atoms with Crippen LogP contribution >= 0.6 is 0 Å². The van der Waals surface area contributed by atoms with Gasteiger partial charge in [0.25, 0.3) is 0 Å². The van der Waals surface area contributed by atoms with E-state index in [-0.39, 0.29) is 47.8 Å². The molecule has 4 amide bonds. The normalized spacial score (nSPS) is 22.5. The average molecular weight is 837 g/mol. The summed E-state index contributed by atoms with van der Waals surface area (Å²) >= 11 is 0. The van der Waals surface area contributed by atoms with Gasteiger partial charge < -0.3 is 44.6 Å². The van der Waals surface area contributed by atoms with Gasteiger partial charge in [0, 0.05) is 30.1 Å². The first-order valence-corrected chi connectivity index (χ1v) is 20.9. The Morgan fingerprint density at radius 2 is 1.52 bits per heavy atom. The lowest BCUT2D eigenvalue weighted by Gasteiger charge is -2.37. The van der Waals surface area contributed by atoms with Gasteiger partial charge in [-0.15, -0.1) is 0 Å². The monoisotopic (exact) mass is 836 g/mol. The van der Waals surface area contributed by atoms with E-state index in [1.165, 1.54) is 27.4 Å². The predicted octanol–water partition coefficient (Wildman–Crippen LogP) is 7.16. The van der Waals surface area contributed by atoms with E-state index in [0.29, 0.717) is 28.5 Å². The fourth-order valence-corrected chi connectivity index (χ4v) is 9.71. The molecule has 16 heteroatoms. The third-order valence-corrected chi connectivity index (χ3v) is 13.0. The zero-order valence-electron chi connectivity index (χ0n) is 35.5. The number of carbonyl (C=O) groups is 4. The van der Waals surface area contributed by atoms with E-state index >= 15 is 4.39 Å². The summed E-state index contributed by atoms with van der Waals surface area (Å²) in [5.41, 5.74) is 3.99. The second-order valence-electron chi connectivity index (χ2n) is 16.9. The summed E-state index contributed by atoms with van der Waals surface area (Å²) in [6.45, 7) is 7.52. The molecule has 0 radical (unpaired) electrons. The van der Waals surface area contributed by atoms with Crippen molar-refractivity contribution in [3.05, 3.63) is 72.2 Å². The molecular formula is C45H53FN8O7. The van der Waals surface area contributed by atoms with E-state index in [4.69, 9.17) is 19.2 Å². The number of imidazole rings is 2. The van der Waals surface area contributed by atoms with Gasteiger partial charge >= 0.3 is 12.2 Å². The summed E-state index contributed by atoms with van der Waals surface area (Å²) in [5.74, 6) is 0.401. The number of hydrogen-bond acceptors (Lipinski definition) is 9. The Hall–Kier alpha value is -6.03. The fraction of sp³-hybridized carbons (Fsp3) is 0.467. The van der Waals surface area contributed by atoms with Crippen molar-refractivity contribution in [1.82, 2.24) is 40.4 Å². The fourth-order valence-electron chi connectivity index (χ4n) is 9.71. The Balaban J connectivity index is 1.02. The summed E-state index contributed by atoms with van der Waals surface area (Å²) < 4.78 is 31.1. The molecule has 2 aliphatic heterocycles. The van der Waals surface area contributed by atoms with Crippen molar-refractivity contribution >= 4 is 45.8 Å². The van der Waals surface area contributed by atoms with Crippen LogP contribution in [0.5, 0.6) is 0 Å². The summed E-state index contributed by atoms with van der Waals surface area (Å²) in [4.78, 5) is 72.4. The molecule has 3 fully saturated rings. The van der Waals surface area contributed by atoms with Crippen LogP contribution in [0.3, 0.4) is 0 Å². The van der Waals surface area contributed by atoms with E-state index in [1.54, 1.807) is 19.2 Å². The molecule has 3 aromatic carbocycles. The number of benzene rings is 3. The molecule has 3 aliphatic rings. The smallest absolute Gasteiger partial charge is 0.407 e. The van der Waals surface area contributed by atoms with Crippen molar-refractivity contribution in [3.63, 3.8) is 0 Å². The standard InChI is InChI=1S/C45H53FN8O7/c1-22(2)36(51-44(57)60-6)42(55)53-23(3)8-17-35(53)40-48-33-16-12-27-18-25(10-14-30(27)38(33)50-40)26-11-15-31(32(46)20-26)34-21-47-41(49-34)39-28-9-13-29(19-28)54(39)43(56)37(24(4)59-5)52-45(58)61-7/h10-12,14-16,18,20-24,28-29,35-37,39H,8-9,13,17,19H2,1-7H3,(H,47,49)(H,48,50)(H,51,57)(H,52,58)/t23?,24-,28+,29-,35+,36+,37?,39+/m1/s1. The van der Waals surface area contributed by atoms with Crippen molar-refractivity contribution in [2.45, 2.75) is 102 Å². The second-order valence-corrected chi connectivity index (χ2v) is 16.9. The Morgan fingerprint density at radius 3 is 2.23 bits per heavy atom.